The molecule has 0 unspecified atom stereocenters. The molecule has 0 radical (unpaired) electrons. The number of hydrogen-bond acceptors (Lipinski definition) is 3. The Morgan fingerprint density at radius 1 is 0.684 bits per heavy atom. The minimum Gasteiger partial charge on any atom is -0.350 e. The Morgan fingerprint density at radius 3 is 1.74 bits per heavy atom. The van der Waals surface area contributed by atoms with Crippen LogP contribution in [0.4, 0.5) is 11.4 Å². The first-order valence-corrected chi connectivity index (χ1v) is 14.6. The molecule has 0 spiro atoms. The molecule has 0 amide bonds. The van der Waals surface area contributed by atoms with E-state index in [2.05, 4.69) is 113 Å². The quantitative estimate of drug-likeness (QED) is 0.144. The molecule has 4 aromatic carbocycles. The molecule has 0 saturated heterocycles. The maximum atomic E-state index is 5.31. The maximum Gasteiger partial charge on any atom is 0.0823 e. The molecule has 0 aliphatic heterocycles. The van der Waals surface area contributed by atoms with Crippen molar-refractivity contribution in [3.05, 3.63) is 109 Å². The summed E-state index contributed by atoms with van der Waals surface area (Å²) in [5, 5.41) is 4.49. The lowest BCUT2D eigenvalue weighted by Gasteiger charge is -2.12. The lowest BCUT2D eigenvalue weighted by Crippen LogP contribution is -2.15. The average molecular weight is 539 g/mol. The zero-order valence-electron chi connectivity index (χ0n) is 23.0. The van der Waals surface area contributed by atoms with Crippen molar-refractivity contribution in [1.29, 1.82) is 0 Å². The van der Waals surface area contributed by atoms with Crippen LogP contribution in [0.2, 0.25) is 0 Å². The number of thiocarbonyl (C=S) groups is 1. The van der Waals surface area contributed by atoms with E-state index in [1.54, 1.807) is 0 Å². The molecule has 0 atom stereocenters. The minimum absolute atomic E-state index is 0.361. The number of thioether (sulfide) groups is 1. The van der Waals surface area contributed by atoms with Crippen molar-refractivity contribution in [2.45, 2.75) is 34.6 Å². The number of anilines is 1. The van der Waals surface area contributed by atoms with Crippen molar-refractivity contribution in [3.8, 4) is 22.3 Å². The van der Waals surface area contributed by atoms with Crippen LogP contribution in [-0.4, -0.2) is 15.8 Å². The van der Waals surface area contributed by atoms with Gasteiger partial charge in [0.05, 0.1) is 15.7 Å². The molecule has 4 aromatic rings. The van der Waals surface area contributed by atoms with Crippen molar-refractivity contribution in [3.63, 3.8) is 0 Å². The molecule has 0 fully saturated rings. The first-order valence-electron chi connectivity index (χ1n) is 13.2. The van der Waals surface area contributed by atoms with Crippen molar-refractivity contribution in [2.24, 2.45) is 16.8 Å². The van der Waals surface area contributed by atoms with Gasteiger partial charge >= 0.3 is 0 Å². The smallest absolute Gasteiger partial charge is 0.0823 e. The van der Waals surface area contributed by atoms with Gasteiger partial charge in [0.25, 0.3) is 0 Å². The third-order valence-corrected chi connectivity index (χ3v) is 7.46. The highest BCUT2D eigenvalue weighted by Gasteiger charge is 2.06. The highest BCUT2D eigenvalue weighted by Crippen LogP contribution is 2.26. The summed E-state index contributed by atoms with van der Waals surface area (Å²) in [5.74, 6) is 1.90. The molecular weight excluding hydrogens is 501 g/mol. The molecule has 0 aromatic heterocycles. The fourth-order valence-electron chi connectivity index (χ4n) is 3.68. The lowest BCUT2D eigenvalue weighted by atomic mass is 10.1. The zero-order chi connectivity index (χ0) is 27.3. The second-order valence-electron chi connectivity index (χ2n) is 9.54. The summed E-state index contributed by atoms with van der Waals surface area (Å²) >= 11 is 7.14. The molecule has 0 heterocycles. The fraction of sp³-hybridized carbons (Fsp3) is 0.235. The summed E-state index contributed by atoms with van der Waals surface area (Å²) in [6.07, 6.45) is 0. The van der Waals surface area contributed by atoms with Gasteiger partial charge in [-0.15, -0.1) is 11.8 Å². The highest BCUT2D eigenvalue weighted by molar-refractivity contribution is 8.13. The third-order valence-electron chi connectivity index (χ3n) is 5.74. The van der Waals surface area contributed by atoms with Crippen molar-refractivity contribution >= 4 is 45.4 Å². The Balaban J connectivity index is 0.000000212. The summed E-state index contributed by atoms with van der Waals surface area (Å²) in [4.78, 5) is 5.69. The van der Waals surface area contributed by atoms with Gasteiger partial charge in [0.2, 0.25) is 0 Å². The Morgan fingerprint density at radius 2 is 1.21 bits per heavy atom. The molecule has 2 nitrogen and oxygen atoms in total. The number of nitrogens with one attached hydrogen (secondary N) is 1. The van der Waals surface area contributed by atoms with Crippen LogP contribution in [0.15, 0.2) is 114 Å². The van der Waals surface area contributed by atoms with E-state index in [4.69, 9.17) is 17.2 Å². The lowest BCUT2D eigenvalue weighted by molar-refractivity contribution is 0.898. The monoisotopic (exact) mass is 538 g/mol. The molecule has 4 rings (SSSR count). The fourth-order valence-corrected chi connectivity index (χ4v) is 4.60. The number of nitrogens with zero attached hydrogens (tertiary/aromatic N) is 1. The number of aliphatic imine (C=N–C) groups is 1. The SMILES string of the molecule is CC(C)C(=S)Nc1cccc(-c2ccccc2)c1.CCSC(=Nc1cccc(-c2ccccc2)c1)C(C)C. The predicted molar refractivity (Wildman–Crippen MR) is 175 cm³/mol. The van der Waals surface area contributed by atoms with Gasteiger partial charge in [-0.2, -0.15) is 0 Å². The van der Waals surface area contributed by atoms with Gasteiger partial charge in [-0.05, 0) is 52.3 Å². The summed E-state index contributed by atoms with van der Waals surface area (Å²) in [6, 6.07) is 37.6. The van der Waals surface area contributed by atoms with Gasteiger partial charge < -0.3 is 5.32 Å². The molecule has 4 heteroatoms. The largest absolute Gasteiger partial charge is 0.350 e. The molecule has 0 bridgehead atoms. The van der Waals surface area contributed by atoms with E-state index in [0.29, 0.717) is 11.8 Å². The van der Waals surface area contributed by atoms with Crippen LogP contribution >= 0.6 is 24.0 Å². The van der Waals surface area contributed by atoms with E-state index < -0.39 is 0 Å². The second-order valence-corrected chi connectivity index (χ2v) is 11.3. The van der Waals surface area contributed by atoms with E-state index >= 15 is 0 Å². The Labute approximate surface area is 238 Å². The summed E-state index contributed by atoms with van der Waals surface area (Å²) in [6.45, 7) is 10.8. The van der Waals surface area contributed by atoms with Crippen LogP contribution in [0, 0.1) is 11.8 Å². The first kappa shape index (κ1) is 29.3. The molecule has 0 saturated carbocycles. The van der Waals surface area contributed by atoms with Crippen LogP contribution in [0.1, 0.15) is 34.6 Å². The van der Waals surface area contributed by atoms with Gasteiger partial charge in [-0.1, -0.05) is 132 Å². The Hall–Kier alpha value is -3.21. The van der Waals surface area contributed by atoms with Crippen LogP contribution in [0.5, 0.6) is 0 Å². The Bertz CT molecular complexity index is 1310. The number of hydrogen-bond donors (Lipinski definition) is 1. The standard InChI is InChI=1S/C18H21NS.C16H17NS/c1-4-20-18(14(2)3)19-17-12-8-11-16(13-17)15-9-6-5-7-10-15;1-12(2)16(18)17-15-10-6-9-14(11-15)13-7-4-3-5-8-13/h5-14H,4H2,1-3H3;3-12H,1-2H3,(H,17,18). The zero-order valence-corrected chi connectivity index (χ0v) is 24.7. The van der Waals surface area contributed by atoms with Gasteiger partial charge in [-0.25, -0.2) is 4.99 Å². The van der Waals surface area contributed by atoms with Crippen LogP contribution in [0.3, 0.4) is 0 Å². The van der Waals surface area contributed by atoms with E-state index in [-0.39, 0.29) is 0 Å². The Kier molecular flexibility index (Phi) is 11.8. The molecule has 38 heavy (non-hydrogen) atoms. The van der Waals surface area contributed by atoms with Crippen LogP contribution in [-0.2, 0) is 0 Å². The maximum absolute atomic E-state index is 5.31. The summed E-state index contributed by atoms with van der Waals surface area (Å²) in [5.41, 5.74) is 6.96. The first-order chi connectivity index (χ1) is 18.4. The second kappa shape index (κ2) is 15.3. The summed E-state index contributed by atoms with van der Waals surface area (Å²) in [7, 11) is 0. The van der Waals surface area contributed by atoms with Crippen LogP contribution < -0.4 is 5.32 Å². The number of benzene rings is 4. The van der Waals surface area contributed by atoms with E-state index in [9.17, 15) is 0 Å². The average Bonchev–Trinajstić information content (AvgIpc) is 2.94. The van der Waals surface area contributed by atoms with Gasteiger partial charge in [0.1, 0.15) is 0 Å². The highest BCUT2D eigenvalue weighted by atomic mass is 32.2. The molecule has 1 N–H and O–H groups in total. The van der Waals surface area contributed by atoms with E-state index in [0.717, 1.165) is 22.1 Å². The van der Waals surface area contributed by atoms with Gasteiger partial charge in [0.15, 0.2) is 0 Å². The van der Waals surface area contributed by atoms with Crippen molar-refractivity contribution in [2.75, 3.05) is 11.1 Å². The van der Waals surface area contributed by atoms with E-state index in [1.807, 2.05) is 48.2 Å². The molecular formula is C34H38N2S2. The molecule has 0 aliphatic rings. The van der Waals surface area contributed by atoms with Gasteiger partial charge in [0, 0.05) is 17.5 Å². The third kappa shape index (κ3) is 9.27. The topological polar surface area (TPSA) is 24.4 Å². The van der Waals surface area contributed by atoms with Crippen molar-refractivity contribution < 1.29 is 0 Å². The predicted octanol–water partition coefficient (Wildman–Crippen LogP) is 10.5. The van der Waals surface area contributed by atoms with Crippen LogP contribution in [0.25, 0.3) is 22.3 Å². The normalized spacial score (nSPS) is 11.2. The van der Waals surface area contributed by atoms with Crippen molar-refractivity contribution in [1.82, 2.24) is 0 Å². The molecule has 0 aliphatic carbocycles. The molecule has 196 valence electrons. The number of rotatable bonds is 7. The van der Waals surface area contributed by atoms with Gasteiger partial charge in [-0.3, -0.25) is 0 Å². The summed E-state index contributed by atoms with van der Waals surface area (Å²) < 4.78 is 0. The minimum atomic E-state index is 0.361. The van der Waals surface area contributed by atoms with E-state index in [1.165, 1.54) is 27.3 Å².